The van der Waals surface area contributed by atoms with Crippen LogP contribution in [0.2, 0.25) is 0 Å². The highest BCUT2D eigenvalue weighted by Crippen LogP contribution is 2.17. The number of likely N-dealkylation sites (tertiary alicyclic amines) is 1. The number of hydrogen-bond donors (Lipinski definition) is 6. The van der Waals surface area contributed by atoms with Crippen LogP contribution in [0, 0.1) is 0 Å². The Bertz CT molecular complexity index is 586. The Morgan fingerprint density at radius 2 is 1.92 bits per heavy atom. The first-order valence-electron chi connectivity index (χ1n) is 7.92. The van der Waals surface area contributed by atoms with Crippen molar-refractivity contribution in [2.45, 2.75) is 37.4 Å². The largest absolute Gasteiger partial charge is 0.480 e. The van der Waals surface area contributed by atoms with Crippen molar-refractivity contribution in [1.82, 2.24) is 15.5 Å². The van der Waals surface area contributed by atoms with Gasteiger partial charge >= 0.3 is 5.97 Å². The summed E-state index contributed by atoms with van der Waals surface area (Å²) in [6.07, 6.45) is 0.596. The average Bonchev–Trinajstić information content (AvgIpc) is 3.05. The third-order valence-electron chi connectivity index (χ3n) is 3.84. The Kier molecular flexibility index (Phi) is 8.32. The van der Waals surface area contributed by atoms with Crippen molar-refractivity contribution >= 4 is 42.2 Å². The first kappa shape index (κ1) is 21.7. The third-order valence-corrected chi connectivity index (χ3v) is 4.21. The fourth-order valence-corrected chi connectivity index (χ4v) is 2.74. The van der Waals surface area contributed by atoms with E-state index in [0.717, 1.165) is 0 Å². The molecule has 11 nitrogen and oxygen atoms in total. The quantitative estimate of drug-likeness (QED) is 0.224. The topological polar surface area (TPSA) is 185 Å². The second kappa shape index (κ2) is 9.97. The molecule has 0 aromatic heterocycles. The van der Waals surface area contributed by atoms with Gasteiger partial charge in [-0.15, -0.1) is 0 Å². The molecule has 0 saturated carbocycles. The molecule has 0 aliphatic carbocycles. The molecule has 26 heavy (non-hydrogen) atoms. The van der Waals surface area contributed by atoms with E-state index < -0.39 is 54.3 Å². The molecule has 0 bridgehead atoms. The number of amides is 4. The summed E-state index contributed by atoms with van der Waals surface area (Å²) in [5.41, 5.74) is 10.4. The molecule has 12 heteroatoms. The molecule has 0 spiro atoms. The molecule has 1 aliphatic rings. The molecule has 0 radical (unpaired) electrons. The summed E-state index contributed by atoms with van der Waals surface area (Å²) in [7, 11) is 0. The number of carboxylic acid groups (broad SMARTS) is 1. The van der Waals surface area contributed by atoms with Gasteiger partial charge in [0.2, 0.25) is 23.6 Å². The van der Waals surface area contributed by atoms with Crippen molar-refractivity contribution < 1.29 is 29.1 Å². The van der Waals surface area contributed by atoms with Crippen LogP contribution in [0.5, 0.6) is 0 Å². The minimum atomic E-state index is -1.22. The summed E-state index contributed by atoms with van der Waals surface area (Å²) in [6, 6.07) is -3.14. The minimum absolute atomic E-state index is 0.0877. The molecule has 7 N–H and O–H groups in total. The van der Waals surface area contributed by atoms with E-state index in [-0.39, 0.29) is 12.2 Å². The zero-order valence-corrected chi connectivity index (χ0v) is 14.9. The van der Waals surface area contributed by atoms with Crippen LogP contribution in [0.4, 0.5) is 0 Å². The molecule has 1 saturated heterocycles. The van der Waals surface area contributed by atoms with Crippen LogP contribution in [0.25, 0.3) is 0 Å². The molecular formula is C14H23N5O6S. The summed E-state index contributed by atoms with van der Waals surface area (Å²) in [4.78, 5) is 59.2. The van der Waals surface area contributed by atoms with Crippen molar-refractivity contribution in [2.24, 2.45) is 11.5 Å². The molecule has 3 unspecified atom stereocenters. The smallest absolute Gasteiger partial charge is 0.327 e. The normalized spacial score (nSPS) is 18.7. The molecule has 146 valence electrons. The van der Waals surface area contributed by atoms with E-state index in [1.807, 2.05) is 0 Å². The SMILES string of the molecule is NC(=O)CC(N)C(=O)NCC(=O)N1CCCC1C(=O)NC(CS)C(=O)O. The highest BCUT2D eigenvalue weighted by atomic mass is 32.1. The number of nitrogens with zero attached hydrogens (tertiary/aromatic N) is 1. The maximum atomic E-state index is 12.3. The third kappa shape index (κ3) is 6.19. The van der Waals surface area contributed by atoms with E-state index in [9.17, 15) is 24.0 Å². The second-order valence-corrected chi connectivity index (χ2v) is 6.19. The van der Waals surface area contributed by atoms with Gasteiger partial charge < -0.3 is 32.1 Å². The summed E-state index contributed by atoms with van der Waals surface area (Å²) in [6.45, 7) is -0.0945. The number of nitrogens with two attached hydrogens (primary N) is 2. The zero-order valence-electron chi connectivity index (χ0n) is 14.0. The maximum absolute atomic E-state index is 12.3. The first-order valence-corrected chi connectivity index (χ1v) is 8.55. The van der Waals surface area contributed by atoms with E-state index in [0.29, 0.717) is 19.4 Å². The molecule has 0 aromatic rings. The van der Waals surface area contributed by atoms with Gasteiger partial charge in [-0.2, -0.15) is 12.6 Å². The number of nitrogens with one attached hydrogen (secondary N) is 2. The van der Waals surface area contributed by atoms with E-state index >= 15 is 0 Å². The Morgan fingerprint density at radius 1 is 1.27 bits per heavy atom. The Labute approximate surface area is 155 Å². The van der Waals surface area contributed by atoms with Gasteiger partial charge in [-0.25, -0.2) is 4.79 Å². The number of rotatable bonds is 9. The van der Waals surface area contributed by atoms with Crippen molar-refractivity contribution in [3.05, 3.63) is 0 Å². The summed E-state index contributed by atoms with van der Waals surface area (Å²) >= 11 is 3.87. The zero-order chi connectivity index (χ0) is 19.9. The highest BCUT2D eigenvalue weighted by molar-refractivity contribution is 7.80. The van der Waals surface area contributed by atoms with Crippen molar-refractivity contribution in [3.8, 4) is 0 Å². The van der Waals surface area contributed by atoms with Gasteiger partial charge in [-0.3, -0.25) is 19.2 Å². The number of carbonyl (C=O) groups excluding carboxylic acids is 4. The lowest BCUT2D eigenvalue weighted by molar-refractivity contribution is -0.143. The minimum Gasteiger partial charge on any atom is -0.480 e. The maximum Gasteiger partial charge on any atom is 0.327 e. The molecule has 4 amide bonds. The number of thiol groups is 1. The number of primary amides is 1. The Morgan fingerprint density at radius 3 is 2.46 bits per heavy atom. The number of aliphatic carboxylic acids is 1. The van der Waals surface area contributed by atoms with Gasteiger partial charge in [-0.05, 0) is 12.8 Å². The van der Waals surface area contributed by atoms with Crippen molar-refractivity contribution in [1.29, 1.82) is 0 Å². The summed E-state index contributed by atoms with van der Waals surface area (Å²) < 4.78 is 0. The van der Waals surface area contributed by atoms with Gasteiger partial charge in [0, 0.05) is 12.3 Å². The fourth-order valence-electron chi connectivity index (χ4n) is 2.50. The molecule has 0 aromatic carbocycles. The van der Waals surface area contributed by atoms with Gasteiger partial charge in [0.15, 0.2) is 0 Å². The van der Waals surface area contributed by atoms with Crippen LogP contribution < -0.4 is 22.1 Å². The van der Waals surface area contributed by atoms with Crippen LogP contribution in [0.1, 0.15) is 19.3 Å². The molecule has 1 aliphatic heterocycles. The standard InChI is InChI=1S/C14H23N5O6S/c15-7(4-10(16)20)12(22)17-5-11(21)19-3-1-2-9(19)13(23)18-8(6-26)14(24)25/h7-9,26H,1-6,15H2,(H2,16,20)(H,17,22)(H,18,23)(H,24,25). The second-order valence-electron chi connectivity index (χ2n) is 5.82. The van der Waals surface area contributed by atoms with E-state index in [2.05, 4.69) is 23.3 Å². The lowest BCUT2D eigenvalue weighted by atomic mass is 10.2. The molecule has 1 rings (SSSR count). The average molecular weight is 389 g/mol. The predicted octanol–water partition coefficient (Wildman–Crippen LogP) is -3.20. The Balaban J connectivity index is 2.59. The van der Waals surface area contributed by atoms with E-state index in [4.69, 9.17) is 16.6 Å². The Hall–Kier alpha value is -2.34. The first-order chi connectivity index (χ1) is 12.2. The number of carbonyl (C=O) groups is 5. The number of hydrogen-bond acceptors (Lipinski definition) is 7. The van der Waals surface area contributed by atoms with Crippen molar-refractivity contribution in [3.63, 3.8) is 0 Å². The van der Waals surface area contributed by atoms with Gasteiger partial charge in [0.05, 0.1) is 19.0 Å². The predicted molar refractivity (Wildman–Crippen MR) is 93.0 cm³/mol. The van der Waals surface area contributed by atoms with Crippen LogP contribution >= 0.6 is 12.6 Å². The summed E-state index contributed by atoms with van der Waals surface area (Å²) in [5.74, 6) is -3.87. The van der Waals surface area contributed by atoms with Crippen LogP contribution in [-0.4, -0.2) is 76.6 Å². The fraction of sp³-hybridized carbons (Fsp3) is 0.643. The van der Waals surface area contributed by atoms with Crippen LogP contribution in [0.15, 0.2) is 0 Å². The van der Waals surface area contributed by atoms with E-state index in [1.165, 1.54) is 4.90 Å². The molecule has 1 fully saturated rings. The summed E-state index contributed by atoms with van der Waals surface area (Å²) in [5, 5.41) is 13.6. The monoisotopic (exact) mass is 389 g/mol. The van der Waals surface area contributed by atoms with Gasteiger partial charge in [0.25, 0.3) is 0 Å². The molecule has 1 heterocycles. The molecule has 3 atom stereocenters. The van der Waals surface area contributed by atoms with Gasteiger partial charge in [-0.1, -0.05) is 0 Å². The lowest BCUT2D eigenvalue weighted by Gasteiger charge is -2.25. The molecular weight excluding hydrogens is 366 g/mol. The van der Waals surface area contributed by atoms with Crippen molar-refractivity contribution in [2.75, 3.05) is 18.8 Å². The number of carboxylic acids is 1. The van der Waals surface area contributed by atoms with E-state index in [1.54, 1.807) is 0 Å². The van der Waals surface area contributed by atoms with Gasteiger partial charge in [0.1, 0.15) is 12.1 Å². The van der Waals surface area contributed by atoms with Crippen LogP contribution in [0.3, 0.4) is 0 Å². The highest BCUT2D eigenvalue weighted by Gasteiger charge is 2.35. The van der Waals surface area contributed by atoms with Crippen LogP contribution in [-0.2, 0) is 24.0 Å². The lowest BCUT2D eigenvalue weighted by Crippen LogP contribution is -2.53.